The number of hydrogen-bond acceptors (Lipinski definition) is 3. The second-order valence-corrected chi connectivity index (χ2v) is 6.57. The number of carboxylic acids is 1. The molecule has 0 spiro atoms. The number of nitrogens with two attached hydrogens (primary N) is 1. The Morgan fingerprint density at radius 2 is 1.50 bits per heavy atom. The highest BCUT2D eigenvalue weighted by molar-refractivity contribution is 5.77. The maximum Gasteiger partial charge on any atom is 0.320 e. The van der Waals surface area contributed by atoms with Gasteiger partial charge in [0.2, 0.25) is 5.91 Å². The Morgan fingerprint density at radius 1 is 1.11 bits per heavy atom. The van der Waals surface area contributed by atoms with Crippen LogP contribution in [0.15, 0.2) is 0 Å². The quantitative estimate of drug-likeness (QED) is 0.784. The van der Waals surface area contributed by atoms with Gasteiger partial charge < -0.3 is 10.8 Å². The summed E-state index contributed by atoms with van der Waals surface area (Å²) in [5.41, 5.74) is 4.50. The lowest BCUT2D eigenvalue weighted by atomic mass is 9.91. The summed E-state index contributed by atoms with van der Waals surface area (Å²) in [5.74, 6) is -1.38. The molecule has 0 aliphatic carbocycles. The zero-order chi connectivity index (χ0) is 14.7. The number of amides is 1. The van der Waals surface area contributed by atoms with Crippen LogP contribution in [0.25, 0.3) is 0 Å². The van der Waals surface area contributed by atoms with Crippen molar-refractivity contribution in [2.75, 3.05) is 0 Å². The fourth-order valence-electron chi connectivity index (χ4n) is 2.58. The molecule has 0 saturated heterocycles. The second-order valence-electron chi connectivity index (χ2n) is 6.57. The van der Waals surface area contributed by atoms with Gasteiger partial charge in [-0.3, -0.25) is 14.5 Å². The molecule has 106 valence electrons. The average molecular weight is 258 g/mol. The smallest absolute Gasteiger partial charge is 0.320 e. The van der Waals surface area contributed by atoms with Crippen LogP contribution in [0.4, 0.5) is 0 Å². The molecule has 1 unspecified atom stereocenters. The molecule has 0 aromatic rings. The van der Waals surface area contributed by atoms with Gasteiger partial charge in [-0.1, -0.05) is 0 Å². The van der Waals surface area contributed by atoms with E-state index in [0.29, 0.717) is 0 Å². The molecule has 0 radical (unpaired) electrons. The van der Waals surface area contributed by atoms with Crippen molar-refractivity contribution in [3.8, 4) is 0 Å². The molecule has 5 heteroatoms. The average Bonchev–Trinajstić information content (AvgIpc) is 2.06. The van der Waals surface area contributed by atoms with E-state index in [-0.39, 0.29) is 23.9 Å². The maximum absolute atomic E-state index is 11.5. The molecule has 0 saturated carbocycles. The Bertz CT molecular complexity index is 299. The van der Waals surface area contributed by atoms with E-state index in [1.807, 2.05) is 46.4 Å². The summed E-state index contributed by atoms with van der Waals surface area (Å²) in [5, 5.41) is 9.39. The third-order valence-electron chi connectivity index (χ3n) is 2.71. The van der Waals surface area contributed by atoms with Gasteiger partial charge in [-0.15, -0.1) is 0 Å². The van der Waals surface area contributed by atoms with Crippen LogP contribution in [0.5, 0.6) is 0 Å². The van der Waals surface area contributed by atoms with Crippen LogP contribution in [0.3, 0.4) is 0 Å². The summed E-state index contributed by atoms with van der Waals surface area (Å²) in [4.78, 5) is 24.2. The van der Waals surface area contributed by atoms with Gasteiger partial charge in [-0.25, -0.2) is 0 Å². The molecule has 1 atom stereocenters. The van der Waals surface area contributed by atoms with Gasteiger partial charge >= 0.3 is 5.97 Å². The van der Waals surface area contributed by atoms with Crippen molar-refractivity contribution in [2.24, 2.45) is 5.73 Å². The summed E-state index contributed by atoms with van der Waals surface area (Å²) < 4.78 is 0. The van der Waals surface area contributed by atoms with E-state index >= 15 is 0 Å². The Hall–Kier alpha value is -1.10. The molecule has 0 rings (SSSR count). The van der Waals surface area contributed by atoms with Gasteiger partial charge in [0.1, 0.15) is 6.04 Å². The van der Waals surface area contributed by atoms with Crippen molar-refractivity contribution in [3.05, 3.63) is 0 Å². The molecule has 1 amide bonds. The van der Waals surface area contributed by atoms with E-state index in [9.17, 15) is 14.7 Å². The standard InChI is InChI=1S/C13H26N2O3/c1-12(2,3)15(13(4,5)6)9(11(17)18)7-8-10(14)16/h9H,7-8H2,1-6H3,(H2,14,16)(H,17,18). The predicted octanol–water partition coefficient (Wildman–Crippen LogP) is 1.60. The third-order valence-corrected chi connectivity index (χ3v) is 2.71. The lowest BCUT2D eigenvalue weighted by molar-refractivity contribution is -0.150. The Kier molecular flexibility index (Phi) is 5.35. The molecule has 3 N–H and O–H groups in total. The number of carboxylic acid groups (broad SMARTS) is 1. The highest BCUT2D eigenvalue weighted by Crippen LogP contribution is 2.29. The maximum atomic E-state index is 11.5. The van der Waals surface area contributed by atoms with Crippen molar-refractivity contribution in [2.45, 2.75) is 71.5 Å². The van der Waals surface area contributed by atoms with E-state index < -0.39 is 17.9 Å². The first-order valence-electron chi connectivity index (χ1n) is 6.18. The Labute approximate surface area is 109 Å². The van der Waals surface area contributed by atoms with Crippen molar-refractivity contribution in [1.29, 1.82) is 0 Å². The normalized spacial score (nSPS) is 14.6. The number of nitrogens with zero attached hydrogens (tertiary/aromatic N) is 1. The van der Waals surface area contributed by atoms with Gasteiger partial charge in [0.05, 0.1) is 0 Å². The van der Waals surface area contributed by atoms with Crippen LogP contribution in [-0.4, -0.2) is 39.0 Å². The van der Waals surface area contributed by atoms with E-state index in [1.165, 1.54) is 0 Å². The molecule has 0 aliphatic heterocycles. The Morgan fingerprint density at radius 3 is 1.72 bits per heavy atom. The van der Waals surface area contributed by atoms with Crippen molar-refractivity contribution >= 4 is 11.9 Å². The molecular formula is C13H26N2O3. The molecule has 0 fully saturated rings. The lowest BCUT2D eigenvalue weighted by Crippen LogP contribution is -2.60. The van der Waals surface area contributed by atoms with E-state index in [1.54, 1.807) is 0 Å². The summed E-state index contributed by atoms with van der Waals surface area (Å²) in [7, 11) is 0. The van der Waals surface area contributed by atoms with E-state index in [2.05, 4.69) is 0 Å². The summed E-state index contributed by atoms with van der Waals surface area (Å²) in [6.45, 7) is 11.8. The molecule has 18 heavy (non-hydrogen) atoms. The van der Waals surface area contributed by atoms with Crippen LogP contribution in [-0.2, 0) is 9.59 Å². The van der Waals surface area contributed by atoms with Crippen LogP contribution in [0.1, 0.15) is 54.4 Å². The largest absolute Gasteiger partial charge is 0.480 e. The SMILES string of the molecule is CC(C)(C)N(C(CCC(N)=O)C(=O)O)C(C)(C)C. The van der Waals surface area contributed by atoms with Crippen molar-refractivity contribution < 1.29 is 14.7 Å². The molecule has 0 aliphatic rings. The van der Waals surface area contributed by atoms with Crippen LogP contribution < -0.4 is 5.73 Å². The number of primary amides is 1. The minimum Gasteiger partial charge on any atom is -0.480 e. The van der Waals surface area contributed by atoms with Crippen molar-refractivity contribution in [1.82, 2.24) is 4.90 Å². The van der Waals surface area contributed by atoms with Crippen LogP contribution >= 0.6 is 0 Å². The zero-order valence-electron chi connectivity index (χ0n) is 12.3. The van der Waals surface area contributed by atoms with Gasteiger partial charge in [-0.05, 0) is 48.0 Å². The monoisotopic (exact) mass is 258 g/mol. The number of aliphatic carboxylic acids is 1. The topological polar surface area (TPSA) is 83.6 Å². The molecular weight excluding hydrogens is 232 g/mol. The molecule has 0 heterocycles. The van der Waals surface area contributed by atoms with Crippen molar-refractivity contribution in [3.63, 3.8) is 0 Å². The van der Waals surface area contributed by atoms with Gasteiger partial charge in [0, 0.05) is 17.5 Å². The van der Waals surface area contributed by atoms with Crippen LogP contribution in [0.2, 0.25) is 0 Å². The molecule has 0 bridgehead atoms. The number of carbonyl (C=O) groups is 2. The zero-order valence-corrected chi connectivity index (χ0v) is 12.3. The molecule has 0 aromatic heterocycles. The number of rotatable bonds is 5. The lowest BCUT2D eigenvalue weighted by Gasteiger charge is -2.48. The predicted molar refractivity (Wildman–Crippen MR) is 71.2 cm³/mol. The fourth-order valence-corrected chi connectivity index (χ4v) is 2.58. The van der Waals surface area contributed by atoms with E-state index in [4.69, 9.17) is 5.73 Å². The third kappa shape index (κ3) is 5.04. The first-order chi connectivity index (χ1) is 7.87. The minimum atomic E-state index is -0.916. The van der Waals surface area contributed by atoms with Gasteiger partial charge in [-0.2, -0.15) is 0 Å². The van der Waals surface area contributed by atoms with Crippen LogP contribution in [0, 0.1) is 0 Å². The molecule has 0 aromatic carbocycles. The summed E-state index contributed by atoms with van der Waals surface area (Å²) >= 11 is 0. The minimum absolute atomic E-state index is 0.0830. The highest BCUT2D eigenvalue weighted by Gasteiger charge is 2.40. The van der Waals surface area contributed by atoms with E-state index in [0.717, 1.165) is 0 Å². The molecule has 5 nitrogen and oxygen atoms in total. The van der Waals surface area contributed by atoms with Gasteiger partial charge in [0.25, 0.3) is 0 Å². The highest BCUT2D eigenvalue weighted by atomic mass is 16.4. The summed E-state index contributed by atoms with van der Waals surface area (Å²) in [6, 6.07) is -0.711. The fraction of sp³-hybridized carbons (Fsp3) is 0.846. The second kappa shape index (κ2) is 5.69. The summed E-state index contributed by atoms with van der Waals surface area (Å²) in [6.07, 6.45) is 0.318. The van der Waals surface area contributed by atoms with Gasteiger partial charge in [0.15, 0.2) is 0 Å². The number of hydrogen-bond donors (Lipinski definition) is 2. The number of carbonyl (C=O) groups excluding carboxylic acids is 1. The first kappa shape index (κ1) is 16.9. The first-order valence-corrected chi connectivity index (χ1v) is 6.18. The Balaban J connectivity index is 5.25.